The van der Waals surface area contributed by atoms with Crippen LogP contribution in [0.5, 0.6) is 0 Å². The van der Waals surface area contributed by atoms with Crippen LogP contribution in [0.15, 0.2) is 0 Å². The maximum atomic E-state index is 5.76. The monoisotopic (exact) mass is 198 g/mol. The predicted octanol–water partition coefficient (Wildman–Crippen LogP) is 2.28. The van der Waals surface area contributed by atoms with Crippen LogP contribution in [-0.2, 0) is 0 Å². The van der Waals surface area contributed by atoms with Crippen molar-refractivity contribution in [1.82, 2.24) is 5.32 Å². The van der Waals surface area contributed by atoms with Gasteiger partial charge in [-0.2, -0.15) is 0 Å². The van der Waals surface area contributed by atoms with Gasteiger partial charge < -0.3 is 11.1 Å². The average Bonchev–Trinajstić information content (AvgIpc) is 2.62. The van der Waals surface area contributed by atoms with E-state index in [0.717, 1.165) is 12.5 Å². The van der Waals surface area contributed by atoms with Gasteiger partial charge in [0.05, 0.1) is 0 Å². The normalized spacial score (nSPS) is 29.4. The van der Waals surface area contributed by atoms with Crippen LogP contribution in [0.25, 0.3) is 0 Å². The largest absolute Gasteiger partial charge is 0.330 e. The average molecular weight is 198 g/mol. The fraction of sp³-hybridized carbons (Fsp3) is 1.00. The Kier molecular flexibility index (Phi) is 5.49. The minimum atomic E-state index is 0.673. The zero-order chi connectivity index (χ0) is 10.4. The summed E-state index contributed by atoms with van der Waals surface area (Å²) in [5, 5.41) is 3.73. The minimum absolute atomic E-state index is 0.673. The van der Waals surface area contributed by atoms with Crippen molar-refractivity contribution in [2.45, 2.75) is 64.5 Å². The Labute approximate surface area is 88.6 Å². The summed E-state index contributed by atoms with van der Waals surface area (Å²) in [4.78, 5) is 0. The standard InChI is InChI=1S/C12H26N2/c1-3-4-6-10(2)14-12-8-5-7-11(12)9-13/h10-12,14H,3-9,13H2,1-2H3. The molecule has 0 amide bonds. The second-order valence-electron chi connectivity index (χ2n) is 4.74. The first-order valence-corrected chi connectivity index (χ1v) is 6.24. The highest BCUT2D eigenvalue weighted by Crippen LogP contribution is 2.25. The van der Waals surface area contributed by atoms with Crippen molar-refractivity contribution in [3.05, 3.63) is 0 Å². The Morgan fingerprint density at radius 2 is 2.21 bits per heavy atom. The van der Waals surface area contributed by atoms with Gasteiger partial charge in [0, 0.05) is 12.1 Å². The Balaban J connectivity index is 2.21. The van der Waals surface area contributed by atoms with E-state index in [9.17, 15) is 0 Å². The minimum Gasteiger partial charge on any atom is -0.330 e. The molecule has 3 N–H and O–H groups in total. The van der Waals surface area contributed by atoms with Crippen LogP contribution in [0.2, 0.25) is 0 Å². The van der Waals surface area contributed by atoms with Crippen LogP contribution in [-0.4, -0.2) is 18.6 Å². The number of hydrogen-bond acceptors (Lipinski definition) is 2. The van der Waals surface area contributed by atoms with Crippen molar-refractivity contribution in [2.75, 3.05) is 6.54 Å². The fourth-order valence-corrected chi connectivity index (χ4v) is 2.50. The lowest BCUT2D eigenvalue weighted by Gasteiger charge is -2.24. The van der Waals surface area contributed by atoms with E-state index in [4.69, 9.17) is 5.73 Å². The molecule has 84 valence electrons. The first kappa shape index (κ1) is 12.0. The van der Waals surface area contributed by atoms with Gasteiger partial charge in [-0.05, 0) is 38.6 Å². The number of unbranched alkanes of at least 4 members (excludes halogenated alkanes) is 1. The molecule has 2 heteroatoms. The molecule has 1 rings (SSSR count). The molecule has 3 unspecified atom stereocenters. The fourth-order valence-electron chi connectivity index (χ4n) is 2.50. The van der Waals surface area contributed by atoms with E-state index < -0.39 is 0 Å². The first-order valence-electron chi connectivity index (χ1n) is 6.24. The smallest absolute Gasteiger partial charge is 0.0110 e. The second-order valence-corrected chi connectivity index (χ2v) is 4.74. The van der Waals surface area contributed by atoms with Crippen molar-refractivity contribution >= 4 is 0 Å². The van der Waals surface area contributed by atoms with Gasteiger partial charge >= 0.3 is 0 Å². The molecule has 0 aliphatic heterocycles. The van der Waals surface area contributed by atoms with E-state index in [1.54, 1.807) is 0 Å². The third kappa shape index (κ3) is 3.58. The van der Waals surface area contributed by atoms with Crippen LogP contribution < -0.4 is 11.1 Å². The Morgan fingerprint density at radius 1 is 1.43 bits per heavy atom. The third-order valence-electron chi connectivity index (χ3n) is 3.45. The summed E-state index contributed by atoms with van der Waals surface area (Å²) >= 11 is 0. The molecule has 0 aromatic rings. The van der Waals surface area contributed by atoms with Crippen molar-refractivity contribution in [3.8, 4) is 0 Å². The number of nitrogens with two attached hydrogens (primary N) is 1. The number of nitrogens with one attached hydrogen (secondary N) is 1. The summed E-state index contributed by atoms with van der Waals surface area (Å²) in [6.07, 6.45) is 7.97. The molecular weight excluding hydrogens is 172 g/mol. The van der Waals surface area contributed by atoms with Crippen molar-refractivity contribution in [3.63, 3.8) is 0 Å². The molecule has 1 saturated carbocycles. The molecule has 1 aliphatic rings. The van der Waals surface area contributed by atoms with E-state index in [2.05, 4.69) is 19.2 Å². The molecule has 0 radical (unpaired) electrons. The SMILES string of the molecule is CCCCC(C)NC1CCCC1CN. The van der Waals surface area contributed by atoms with Crippen LogP contribution in [0.3, 0.4) is 0 Å². The second kappa shape index (κ2) is 6.41. The van der Waals surface area contributed by atoms with Crippen LogP contribution in [0, 0.1) is 5.92 Å². The van der Waals surface area contributed by atoms with Gasteiger partial charge in [-0.15, -0.1) is 0 Å². The topological polar surface area (TPSA) is 38.0 Å². The van der Waals surface area contributed by atoms with Crippen LogP contribution >= 0.6 is 0 Å². The highest BCUT2D eigenvalue weighted by atomic mass is 15.0. The summed E-state index contributed by atoms with van der Waals surface area (Å²) in [5.74, 6) is 0.735. The summed E-state index contributed by atoms with van der Waals surface area (Å²) in [7, 11) is 0. The highest BCUT2D eigenvalue weighted by molar-refractivity contribution is 4.85. The molecule has 14 heavy (non-hydrogen) atoms. The zero-order valence-electron chi connectivity index (χ0n) is 9.76. The molecule has 0 heterocycles. The molecule has 2 nitrogen and oxygen atoms in total. The van der Waals surface area contributed by atoms with Crippen molar-refractivity contribution in [1.29, 1.82) is 0 Å². The lowest BCUT2D eigenvalue weighted by Crippen LogP contribution is -2.41. The summed E-state index contributed by atoms with van der Waals surface area (Å²) in [5.41, 5.74) is 5.76. The van der Waals surface area contributed by atoms with Gasteiger partial charge in [-0.1, -0.05) is 26.2 Å². The number of rotatable bonds is 6. The molecule has 0 aromatic heterocycles. The highest BCUT2D eigenvalue weighted by Gasteiger charge is 2.26. The van der Waals surface area contributed by atoms with Crippen molar-refractivity contribution < 1.29 is 0 Å². The molecule has 1 aliphatic carbocycles. The van der Waals surface area contributed by atoms with E-state index in [-0.39, 0.29) is 0 Å². The van der Waals surface area contributed by atoms with E-state index in [1.165, 1.54) is 38.5 Å². The van der Waals surface area contributed by atoms with Crippen LogP contribution in [0.1, 0.15) is 52.4 Å². The van der Waals surface area contributed by atoms with Gasteiger partial charge in [-0.25, -0.2) is 0 Å². The number of hydrogen-bond donors (Lipinski definition) is 2. The summed E-state index contributed by atoms with van der Waals surface area (Å²) in [6, 6.07) is 1.37. The van der Waals surface area contributed by atoms with Crippen molar-refractivity contribution in [2.24, 2.45) is 11.7 Å². The van der Waals surface area contributed by atoms with E-state index >= 15 is 0 Å². The molecule has 0 aromatic carbocycles. The maximum absolute atomic E-state index is 5.76. The molecule has 3 atom stereocenters. The molecular formula is C12H26N2. The van der Waals surface area contributed by atoms with Crippen LogP contribution in [0.4, 0.5) is 0 Å². The van der Waals surface area contributed by atoms with E-state index in [0.29, 0.717) is 12.1 Å². The third-order valence-corrected chi connectivity index (χ3v) is 3.45. The quantitative estimate of drug-likeness (QED) is 0.687. The predicted molar refractivity (Wildman–Crippen MR) is 62.3 cm³/mol. The van der Waals surface area contributed by atoms with Gasteiger partial charge in [0.1, 0.15) is 0 Å². The Bertz CT molecular complexity index is 147. The molecule has 0 spiro atoms. The molecule has 0 bridgehead atoms. The maximum Gasteiger partial charge on any atom is 0.0110 e. The lowest BCUT2D eigenvalue weighted by molar-refractivity contribution is 0.356. The Hall–Kier alpha value is -0.0800. The summed E-state index contributed by atoms with van der Waals surface area (Å²) in [6.45, 7) is 5.42. The lowest BCUT2D eigenvalue weighted by atomic mass is 10.0. The van der Waals surface area contributed by atoms with E-state index in [1.807, 2.05) is 0 Å². The van der Waals surface area contributed by atoms with Gasteiger partial charge in [0.2, 0.25) is 0 Å². The molecule has 0 saturated heterocycles. The van der Waals surface area contributed by atoms with Gasteiger partial charge in [-0.3, -0.25) is 0 Å². The first-order chi connectivity index (χ1) is 6.77. The molecule has 1 fully saturated rings. The van der Waals surface area contributed by atoms with Gasteiger partial charge in [0.25, 0.3) is 0 Å². The Morgan fingerprint density at radius 3 is 2.86 bits per heavy atom. The summed E-state index contributed by atoms with van der Waals surface area (Å²) < 4.78 is 0. The zero-order valence-corrected chi connectivity index (χ0v) is 9.76. The van der Waals surface area contributed by atoms with Gasteiger partial charge in [0.15, 0.2) is 0 Å².